The molecule has 0 saturated carbocycles. The van der Waals surface area contributed by atoms with Crippen molar-refractivity contribution in [2.45, 2.75) is 39.5 Å². The van der Waals surface area contributed by atoms with Crippen molar-refractivity contribution in [2.24, 2.45) is 0 Å². The molecule has 9 heteroatoms. The average molecular weight is 511 g/mol. The van der Waals surface area contributed by atoms with Gasteiger partial charge in [-0.1, -0.05) is 15.9 Å². The van der Waals surface area contributed by atoms with E-state index in [1.165, 1.54) is 16.2 Å². The van der Waals surface area contributed by atoms with Crippen LogP contribution < -0.4 is 15.4 Å². The molecular weight excluding hydrogens is 488 g/mol. The average Bonchev–Trinajstić information content (AvgIpc) is 3.07. The molecule has 0 unspecified atom stereocenters. The Bertz CT molecular complexity index is 974. The van der Waals surface area contributed by atoms with E-state index in [2.05, 4.69) is 26.6 Å². The summed E-state index contributed by atoms with van der Waals surface area (Å²) >= 11 is 10.2. The van der Waals surface area contributed by atoms with E-state index in [-0.39, 0.29) is 11.1 Å². The molecule has 1 aromatic carbocycles. The summed E-state index contributed by atoms with van der Waals surface area (Å²) < 4.78 is 11.6. The minimum atomic E-state index is -0.392. The quantitative estimate of drug-likeness (QED) is 0.416. The van der Waals surface area contributed by atoms with Crippen molar-refractivity contribution in [3.63, 3.8) is 0 Å². The van der Waals surface area contributed by atoms with Crippen LogP contribution in [-0.2, 0) is 17.6 Å². The van der Waals surface area contributed by atoms with E-state index in [1.54, 1.807) is 25.1 Å². The molecule has 2 aromatic rings. The summed E-state index contributed by atoms with van der Waals surface area (Å²) in [5, 5.41) is 6.46. The van der Waals surface area contributed by atoms with Gasteiger partial charge in [-0.15, -0.1) is 11.3 Å². The number of halogens is 1. The van der Waals surface area contributed by atoms with Gasteiger partial charge in [0, 0.05) is 9.35 Å². The highest BCUT2D eigenvalue weighted by Crippen LogP contribution is 2.38. The number of nitrogens with one attached hydrogen (secondary N) is 2. The van der Waals surface area contributed by atoms with Crippen LogP contribution in [0, 0.1) is 0 Å². The van der Waals surface area contributed by atoms with Crippen molar-refractivity contribution >= 4 is 61.5 Å². The fraction of sp³-hybridized carbons (Fsp3) is 0.381. The Morgan fingerprint density at radius 2 is 1.97 bits per heavy atom. The van der Waals surface area contributed by atoms with Gasteiger partial charge >= 0.3 is 5.97 Å². The first-order valence-corrected chi connectivity index (χ1v) is 11.8. The van der Waals surface area contributed by atoms with Crippen molar-refractivity contribution in [3.8, 4) is 5.75 Å². The lowest BCUT2D eigenvalue weighted by molar-refractivity contribution is 0.0526. The molecule has 1 amide bonds. The van der Waals surface area contributed by atoms with Gasteiger partial charge in [-0.05, 0) is 75.5 Å². The summed E-state index contributed by atoms with van der Waals surface area (Å²) in [5.74, 6) is -0.282. The first-order valence-electron chi connectivity index (χ1n) is 9.80. The number of thiocarbonyl (C=S) groups is 1. The van der Waals surface area contributed by atoms with Crippen molar-refractivity contribution in [3.05, 3.63) is 44.2 Å². The van der Waals surface area contributed by atoms with E-state index in [0.717, 1.165) is 35.7 Å². The number of carbonyl (C=O) groups excluding carboxylic acids is 2. The van der Waals surface area contributed by atoms with Crippen molar-refractivity contribution in [2.75, 3.05) is 18.5 Å². The Balaban J connectivity index is 1.80. The van der Waals surface area contributed by atoms with E-state index < -0.39 is 5.91 Å². The van der Waals surface area contributed by atoms with Gasteiger partial charge in [-0.25, -0.2) is 4.79 Å². The predicted molar refractivity (Wildman–Crippen MR) is 126 cm³/mol. The molecular formula is C21H23BrN2O4S2. The molecule has 6 nitrogen and oxygen atoms in total. The minimum Gasteiger partial charge on any atom is -0.493 e. The minimum absolute atomic E-state index is 0.117. The van der Waals surface area contributed by atoms with Crippen molar-refractivity contribution in [1.82, 2.24) is 5.32 Å². The van der Waals surface area contributed by atoms with Crippen LogP contribution in [0.3, 0.4) is 0 Å². The van der Waals surface area contributed by atoms with Gasteiger partial charge in [0.05, 0.1) is 24.3 Å². The highest BCUT2D eigenvalue weighted by Gasteiger charge is 2.27. The molecule has 0 fully saturated rings. The van der Waals surface area contributed by atoms with E-state index >= 15 is 0 Å². The van der Waals surface area contributed by atoms with Crippen LogP contribution in [-0.4, -0.2) is 30.2 Å². The van der Waals surface area contributed by atoms with E-state index in [4.69, 9.17) is 21.7 Å². The van der Waals surface area contributed by atoms with Crippen LogP contribution >= 0.6 is 39.5 Å². The summed E-state index contributed by atoms with van der Waals surface area (Å²) in [6, 6.07) is 5.21. The molecule has 0 atom stereocenters. The molecule has 1 aliphatic carbocycles. The molecule has 3 rings (SSSR count). The number of hydrogen-bond acceptors (Lipinski definition) is 6. The van der Waals surface area contributed by atoms with Crippen molar-refractivity contribution in [1.29, 1.82) is 0 Å². The Kier molecular flexibility index (Phi) is 7.85. The molecule has 0 saturated heterocycles. The molecule has 1 heterocycles. The topological polar surface area (TPSA) is 76.7 Å². The van der Waals surface area contributed by atoms with Crippen LogP contribution in [0.25, 0.3) is 0 Å². The molecule has 1 aromatic heterocycles. The lowest BCUT2D eigenvalue weighted by atomic mass is 9.95. The third kappa shape index (κ3) is 5.19. The van der Waals surface area contributed by atoms with Gasteiger partial charge in [0.1, 0.15) is 10.8 Å². The fourth-order valence-electron chi connectivity index (χ4n) is 3.34. The monoisotopic (exact) mass is 510 g/mol. The maximum atomic E-state index is 12.8. The Morgan fingerprint density at radius 3 is 2.70 bits per heavy atom. The molecule has 30 heavy (non-hydrogen) atoms. The van der Waals surface area contributed by atoms with E-state index in [1.807, 2.05) is 6.92 Å². The molecule has 2 N–H and O–H groups in total. The largest absolute Gasteiger partial charge is 0.493 e. The van der Waals surface area contributed by atoms with Gasteiger partial charge in [-0.3, -0.25) is 10.1 Å². The first-order chi connectivity index (χ1) is 14.4. The number of amides is 1. The van der Waals surface area contributed by atoms with Gasteiger partial charge in [-0.2, -0.15) is 0 Å². The third-order valence-corrected chi connectivity index (χ3v) is 6.50. The summed E-state index contributed by atoms with van der Waals surface area (Å²) in [5.41, 5.74) is 1.93. The number of fused-ring (bicyclic) bond motifs is 1. The molecule has 1 aliphatic rings. The Hall–Kier alpha value is -1.97. The molecule has 0 bridgehead atoms. The predicted octanol–water partition coefficient (Wildman–Crippen LogP) is 5.09. The number of rotatable bonds is 6. The lowest BCUT2D eigenvalue weighted by Crippen LogP contribution is -2.34. The number of anilines is 1. The smallest absolute Gasteiger partial charge is 0.341 e. The molecule has 0 aliphatic heterocycles. The number of aryl methyl sites for hydroxylation is 1. The zero-order valence-electron chi connectivity index (χ0n) is 16.8. The number of hydrogen-bond donors (Lipinski definition) is 2. The molecule has 0 spiro atoms. The number of esters is 1. The second-order valence-corrected chi connectivity index (χ2v) is 9.05. The zero-order chi connectivity index (χ0) is 21.7. The van der Waals surface area contributed by atoms with Crippen LogP contribution in [0.4, 0.5) is 5.00 Å². The standard InChI is InChI=1S/C21H23BrN2O4S2/c1-3-27-15-10-9-12(22)11-14(15)18(25)23-21(29)24-19-17(20(26)28-4-2)13-7-5-6-8-16(13)30-19/h9-11H,3-8H2,1-2H3,(H2,23,24,25,29). The number of carbonyl (C=O) groups is 2. The highest BCUT2D eigenvalue weighted by molar-refractivity contribution is 9.10. The van der Waals surface area contributed by atoms with Crippen LogP contribution in [0.15, 0.2) is 22.7 Å². The second kappa shape index (κ2) is 10.4. The summed E-state index contributed by atoms with van der Waals surface area (Å²) in [6.07, 6.45) is 3.92. The highest BCUT2D eigenvalue weighted by atomic mass is 79.9. The van der Waals surface area contributed by atoms with E-state index in [0.29, 0.717) is 35.1 Å². The Labute approximate surface area is 193 Å². The van der Waals surface area contributed by atoms with Crippen molar-refractivity contribution < 1.29 is 19.1 Å². The van der Waals surface area contributed by atoms with E-state index in [9.17, 15) is 9.59 Å². The fourth-order valence-corrected chi connectivity index (χ4v) is 5.24. The summed E-state index contributed by atoms with van der Waals surface area (Å²) in [7, 11) is 0. The molecule has 160 valence electrons. The summed E-state index contributed by atoms with van der Waals surface area (Å²) in [6.45, 7) is 4.37. The molecule has 0 radical (unpaired) electrons. The number of thiophene rings is 1. The van der Waals surface area contributed by atoms with Gasteiger partial charge in [0.15, 0.2) is 5.11 Å². The Morgan fingerprint density at radius 1 is 1.20 bits per heavy atom. The number of benzene rings is 1. The third-order valence-electron chi connectivity index (χ3n) is 4.59. The van der Waals surface area contributed by atoms with Gasteiger partial charge in [0.2, 0.25) is 0 Å². The second-order valence-electron chi connectivity index (χ2n) is 6.62. The lowest BCUT2D eigenvalue weighted by Gasteiger charge is -2.14. The van der Waals surface area contributed by atoms with Crippen LogP contribution in [0.2, 0.25) is 0 Å². The normalized spacial score (nSPS) is 12.6. The summed E-state index contributed by atoms with van der Waals surface area (Å²) in [4.78, 5) is 26.5. The number of ether oxygens (including phenoxy) is 2. The maximum absolute atomic E-state index is 12.8. The maximum Gasteiger partial charge on any atom is 0.341 e. The SMILES string of the molecule is CCOC(=O)c1c(NC(=S)NC(=O)c2cc(Br)ccc2OCC)sc2c1CCCC2. The van der Waals surface area contributed by atoms with Crippen LogP contribution in [0.1, 0.15) is 57.8 Å². The first kappa shape index (κ1) is 22.7. The zero-order valence-corrected chi connectivity index (χ0v) is 20.0. The van der Waals surface area contributed by atoms with Gasteiger partial charge < -0.3 is 14.8 Å². The van der Waals surface area contributed by atoms with Gasteiger partial charge in [0.25, 0.3) is 5.91 Å². The van der Waals surface area contributed by atoms with Crippen LogP contribution in [0.5, 0.6) is 5.75 Å².